The van der Waals surface area contributed by atoms with Crippen molar-refractivity contribution in [2.24, 2.45) is 0 Å². The molecule has 4 N–H and O–H groups in total. The van der Waals surface area contributed by atoms with E-state index in [1.807, 2.05) is 0 Å². The lowest BCUT2D eigenvalue weighted by molar-refractivity contribution is -0.136. The monoisotopic (exact) mass is 280 g/mol. The van der Waals surface area contributed by atoms with Crippen molar-refractivity contribution in [2.45, 2.75) is 18.6 Å². The van der Waals surface area contributed by atoms with Crippen LogP contribution in [0.3, 0.4) is 0 Å². The molecule has 7 nitrogen and oxygen atoms in total. The summed E-state index contributed by atoms with van der Waals surface area (Å²) < 4.78 is 0. The van der Waals surface area contributed by atoms with Crippen molar-refractivity contribution in [3.8, 4) is 0 Å². The number of amides is 2. The number of aliphatic hydroxyl groups is 2. The van der Waals surface area contributed by atoms with Crippen LogP contribution in [-0.4, -0.2) is 57.5 Å². The number of hydrogen-bond donors (Lipinski definition) is 4. The third kappa shape index (κ3) is 3.46. The molecular formula is C13H16N2O5. The Balaban J connectivity index is 1.99. The minimum absolute atomic E-state index is 0.0712. The number of nitrogens with one attached hydrogen (secondary N) is 1. The molecule has 0 aliphatic carbocycles. The molecule has 1 fully saturated rings. The molecule has 0 spiro atoms. The van der Waals surface area contributed by atoms with Crippen molar-refractivity contribution >= 4 is 17.7 Å². The molecule has 0 aromatic heterocycles. The molecule has 1 aromatic carbocycles. The van der Waals surface area contributed by atoms with Crippen molar-refractivity contribution in [1.82, 2.24) is 4.90 Å². The number of carbonyl (C=O) groups excluding carboxylic acids is 1. The third-order valence-corrected chi connectivity index (χ3v) is 3.08. The Morgan fingerprint density at radius 1 is 1.25 bits per heavy atom. The van der Waals surface area contributed by atoms with Gasteiger partial charge in [-0.1, -0.05) is 12.1 Å². The number of hydrogen-bond acceptors (Lipinski definition) is 4. The van der Waals surface area contributed by atoms with Crippen LogP contribution in [0, 0.1) is 0 Å². The average molecular weight is 280 g/mol. The van der Waals surface area contributed by atoms with Crippen LogP contribution in [0.5, 0.6) is 0 Å². The molecular weight excluding hydrogens is 264 g/mol. The van der Waals surface area contributed by atoms with Crippen LogP contribution in [0.2, 0.25) is 0 Å². The summed E-state index contributed by atoms with van der Waals surface area (Å²) in [5.41, 5.74) is 1.06. The molecule has 1 heterocycles. The number of β-amino-alcohol motifs (C(OH)–C–C–N with tert-alkyl or cyclic N) is 2. The first kappa shape index (κ1) is 14.3. The van der Waals surface area contributed by atoms with Gasteiger partial charge in [0.2, 0.25) is 0 Å². The fourth-order valence-corrected chi connectivity index (χ4v) is 2.07. The average Bonchev–Trinajstić information content (AvgIpc) is 2.69. The lowest BCUT2D eigenvalue weighted by atomic mass is 10.1. The van der Waals surface area contributed by atoms with E-state index in [-0.39, 0.29) is 19.5 Å². The van der Waals surface area contributed by atoms with Crippen LogP contribution in [0.25, 0.3) is 0 Å². The SMILES string of the molecule is O=C(O)Cc1cccc(NC(=O)N2CC(O)C(O)C2)c1. The molecule has 2 unspecified atom stereocenters. The van der Waals surface area contributed by atoms with Crippen molar-refractivity contribution < 1.29 is 24.9 Å². The number of rotatable bonds is 3. The van der Waals surface area contributed by atoms with Gasteiger partial charge in [0.1, 0.15) is 0 Å². The second kappa shape index (κ2) is 5.89. The van der Waals surface area contributed by atoms with Gasteiger partial charge in [0.15, 0.2) is 0 Å². The molecule has 20 heavy (non-hydrogen) atoms. The zero-order valence-electron chi connectivity index (χ0n) is 10.7. The summed E-state index contributed by atoms with van der Waals surface area (Å²) in [7, 11) is 0. The Hall–Kier alpha value is -2.12. The summed E-state index contributed by atoms with van der Waals surface area (Å²) in [6.07, 6.45) is -1.98. The van der Waals surface area contributed by atoms with Crippen LogP contribution in [0.4, 0.5) is 10.5 Å². The summed E-state index contributed by atoms with van der Waals surface area (Å²) in [4.78, 5) is 23.9. The molecule has 0 saturated carbocycles. The Morgan fingerprint density at radius 3 is 2.50 bits per heavy atom. The number of urea groups is 1. The molecule has 1 aliphatic rings. The van der Waals surface area contributed by atoms with Gasteiger partial charge in [-0.15, -0.1) is 0 Å². The second-order valence-corrected chi connectivity index (χ2v) is 4.74. The van der Waals surface area contributed by atoms with Crippen LogP contribution >= 0.6 is 0 Å². The topological polar surface area (TPSA) is 110 Å². The molecule has 0 radical (unpaired) electrons. The minimum atomic E-state index is -0.945. The van der Waals surface area contributed by atoms with Gasteiger partial charge in [0.25, 0.3) is 0 Å². The molecule has 108 valence electrons. The van der Waals surface area contributed by atoms with Crippen molar-refractivity contribution in [3.63, 3.8) is 0 Å². The van der Waals surface area contributed by atoms with E-state index in [2.05, 4.69) is 5.32 Å². The van der Waals surface area contributed by atoms with Gasteiger partial charge in [-0.25, -0.2) is 4.79 Å². The van der Waals surface area contributed by atoms with Gasteiger partial charge in [0.05, 0.1) is 31.7 Å². The van der Waals surface area contributed by atoms with E-state index in [0.29, 0.717) is 11.3 Å². The summed E-state index contributed by atoms with van der Waals surface area (Å²) in [5.74, 6) is -0.945. The molecule has 2 amide bonds. The van der Waals surface area contributed by atoms with E-state index in [0.717, 1.165) is 0 Å². The molecule has 1 saturated heterocycles. The highest BCUT2D eigenvalue weighted by Crippen LogP contribution is 2.15. The Labute approximate surface area is 115 Å². The van der Waals surface area contributed by atoms with E-state index in [1.54, 1.807) is 24.3 Å². The summed E-state index contributed by atoms with van der Waals surface area (Å²) in [6, 6.07) is 6.10. The highest BCUT2D eigenvalue weighted by Gasteiger charge is 2.32. The molecule has 1 aromatic rings. The highest BCUT2D eigenvalue weighted by molar-refractivity contribution is 5.89. The molecule has 7 heteroatoms. The van der Waals surface area contributed by atoms with E-state index in [4.69, 9.17) is 5.11 Å². The minimum Gasteiger partial charge on any atom is -0.481 e. The quantitative estimate of drug-likeness (QED) is 0.617. The van der Waals surface area contributed by atoms with Gasteiger partial charge in [-0.2, -0.15) is 0 Å². The van der Waals surface area contributed by atoms with E-state index in [1.165, 1.54) is 4.90 Å². The fraction of sp³-hybridized carbons (Fsp3) is 0.385. The van der Waals surface area contributed by atoms with Crippen LogP contribution in [0.1, 0.15) is 5.56 Å². The number of anilines is 1. The lowest BCUT2D eigenvalue weighted by Crippen LogP contribution is -2.33. The maximum Gasteiger partial charge on any atom is 0.322 e. The van der Waals surface area contributed by atoms with Crippen molar-refractivity contribution in [2.75, 3.05) is 18.4 Å². The number of carboxylic acid groups (broad SMARTS) is 1. The summed E-state index contributed by atoms with van der Waals surface area (Å²) >= 11 is 0. The summed E-state index contributed by atoms with van der Waals surface area (Å²) in [6.45, 7) is 0.142. The zero-order valence-corrected chi connectivity index (χ0v) is 10.7. The largest absolute Gasteiger partial charge is 0.481 e. The number of nitrogens with zero attached hydrogens (tertiary/aromatic N) is 1. The van der Waals surface area contributed by atoms with Crippen molar-refractivity contribution in [3.05, 3.63) is 29.8 Å². The predicted octanol–water partition coefficient (Wildman–Crippen LogP) is -0.117. The van der Waals surface area contributed by atoms with Gasteiger partial charge in [0, 0.05) is 5.69 Å². The lowest BCUT2D eigenvalue weighted by Gasteiger charge is -2.16. The number of likely N-dealkylation sites (tertiary alicyclic amines) is 1. The number of carbonyl (C=O) groups is 2. The zero-order chi connectivity index (χ0) is 14.7. The maximum absolute atomic E-state index is 11.9. The Morgan fingerprint density at radius 2 is 1.90 bits per heavy atom. The Kier molecular flexibility index (Phi) is 4.21. The fourth-order valence-electron chi connectivity index (χ4n) is 2.07. The molecule has 2 rings (SSSR count). The molecule has 0 bridgehead atoms. The predicted molar refractivity (Wildman–Crippen MR) is 70.4 cm³/mol. The van der Waals surface area contributed by atoms with Gasteiger partial charge >= 0.3 is 12.0 Å². The van der Waals surface area contributed by atoms with E-state index >= 15 is 0 Å². The summed E-state index contributed by atoms with van der Waals surface area (Å²) in [5, 5.41) is 30.1. The van der Waals surface area contributed by atoms with Crippen LogP contribution < -0.4 is 5.32 Å². The van der Waals surface area contributed by atoms with Crippen LogP contribution in [-0.2, 0) is 11.2 Å². The normalized spacial score (nSPS) is 21.8. The maximum atomic E-state index is 11.9. The number of carboxylic acids is 1. The van der Waals surface area contributed by atoms with Gasteiger partial charge in [-0.05, 0) is 17.7 Å². The number of aliphatic hydroxyl groups excluding tert-OH is 2. The molecule has 2 atom stereocenters. The van der Waals surface area contributed by atoms with Crippen LogP contribution in [0.15, 0.2) is 24.3 Å². The van der Waals surface area contributed by atoms with Gasteiger partial charge in [-0.3, -0.25) is 4.79 Å². The first-order valence-corrected chi connectivity index (χ1v) is 6.18. The highest BCUT2D eigenvalue weighted by atomic mass is 16.4. The van der Waals surface area contributed by atoms with E-state index < -0.39 is 24.2 Å². The van der Waals surface area contributed by atoms with E-state index in [9.17, 15) is 19.8 Å². The second-order valence-electron chi connectivity index (χ2n) is 4.74. The van der Waals surface area contributed by atoms with Gasteiger partial charge < -0.3 is 25.5 Å². The molecule has 1 aliphatic heterocycles. The third-order valence-electron chi connectivity index (χ3n) is 3.08. The Bertz CT molecular complexity index is 509. The first-order valence-electron chi connectivity index (χ1n) is 6.18. The number of benzene rings is 1. The smallest absolute Gasteiger partial charge is 0.322 e. The standard InChI is InChI=1S/C13H16N2O5/c16-10-6-15(7-11(10)17)13(20)14-9-3-1-2-8(4-9)5-12(18)19/h1-4,10-11,16-17H,5-7H2,(H,14,20)(H,18,19). The number of aliphatic carboxylic acids is 1. The first-order chi connectivity index (χ1) is 9.45. The van der Waals surface area contributed by atoms with Crippen molar-refractivity contribution in [1.29, 1.82) is 0 Å².